The van der Waals surface area contributed by atoms with Crippen LogP contribution >= 0.6 is 0 Å². The number of carbonyl (C=O) groups excluding carboxylic acids is 1. The molecule has 2 N–H and O–H groups in total. The third-order valence-electron chi connectivity index (χ3n) is 2.51. The van der Waals surface area contributed by atoms with E-state index in [9.17, 15) is 9.59 Å². The maximum absolute atomic E-state index is 11.9. The number of aromatic nitrogens is 1. The van der Waals surface area contributed by atoms with Gasteiger partial charge in [-0.25, -0.2) is 4.79 Å². The van der Waals surface area contributed by atoms with Crippen LogP contribution in [-0.4, -0.2) is 40.1 Å². The molecule has 0 saturated carbocycles. The zero-order valence-corrected chi connectivity index (χ0v) is 10.5. The summed E-state index contributed by atoms with van der Waals surface area (Å²) in [6.07, 6.45) is 1.58. The maximum atomic E-state index is 11.9. The summed E-state index contributed by atoms with van der Waals surface area (Å²) in [5.74, 6) is -0.918. The smallest absolute Gasteiger partial charge is 0.321 e. The summed E-state index contributed by atoms with van der Waals surface area (Å²) in [5, 5.41) is 11.3. The van der Waals surface area contributed by atoms with Gasteiger partial charge in [0.05, 0.1) is 17.8 Å². The van der Waals surface area contributed by atoms with E-state index in [1.807, 2.05) is 0 Å². The second-order valence-electron chi connectivity index (χ2n) is 3.79. The van der Waals surface area contributed by atoms with E-state index in [0.29, 0.717) is 12.2 Å². The number of amides is 2. The molecule has 6 heteroatoms. The Kier molecular flexibility index (Phi) is 5.10. The lowest BCUT2D eigenvalue weighted by Gasteiger charge is -2.20. The van der Waals surface area contributed by atoms with E-state index in [2.05, 4.69) is 10.3 Å². The third-order valence-corrected chi connectivity index (χ3v) is 2.51. The van der Waals surface area contributed by atoms with Gasteiger partial charge in [-0.05, 0) is 26.0 Å². The molecule has 0 saturated heterocycles. The fourth-order valence-corrected chi connectivity index (χ4v) is 1.44. The summed E-state index contributed by atoms with van der Waals surface area (Å²) in [5.41, 5.74) is 1.36. The van der Waals surface area contributed by atoms with E-state index >= 15 is 0 Å². The van der Waals surface area contributed by atoms with E-state index in [1.165, 1.54) is 4.90 Å². The van der Waals surface area contributed by atoms with Crippen LogP contribution in [0.5, 0.6) is 0 Å². The van der Waals surface area contributed by atoms with E-state index < -0.39 is 5.97 Å². The number of rotatable bonds is 5. The molecule has 2 amide bonds. The molecule has 98 valence electrons. The Balaban J connectivity index is 2.62. The van der Waals surface area contributed by atoms with E-state index in [1.54, 1.807) is 32.2 Å². The van der Waals surface area contributed by atoms with Gasteiger partial charge in [-0.3, -0.25) is 9.78 Å². The van der Waals surface area contributed by atoms with Crippen LogP contribution in [0.3, 0.4) is 0 Å². The molecule has 0 atom stereocenters. The van der Waals surface area contributed by atoms with Crippen LogP contribution in [0.2, 0.25) is 0 Å². The zero-order valence-electron chi connectivity index (χ0n) is 10.5. The fourth-order valence-electron chi connectivity index (χ4n) is 1.44. The first-order valence-corrected chi connectivity index (χ1v) is 5.74. The Morgan fingerprint density at radius 3 is 2.78 bits per heavy atom. The summed E-state index contributed by atoms with van der Waals surface area (Å²) in [7, 11) is 0. The lowest BCUT2D eigenvalue weighted by atomic mass is 10.3. The molecule has 0 spiro atoms. The standard InChI is InChI=1S/C12H17N3O3/c1-3-15(8-6-11(16)17)12(18)14-10-5-4-7-13-9(10)2/h4-5,7H,3,6,8H2,1-2H3,(H,14,18)(H,16,17). The van der Waals surface area contributed by atoms with Gasteiger partial charge < -0.3 is 15.3 Å². The third kappa shape index (κ3) is 4.04. The van der Waals surface area contributed by atoms with Gasteiger partial charge in [0.25, 0.3) is 0 Å². The molecule has 0 aliphatic rings. The molecule has 0 aliphatic heterocycles. The van der Waals surface area contributed by atoms with Gasteiger partial charge in [0.1, 0.15) is 0 Å². The van der Waals surface area contributed by atoms with E-state index in [0.717, 1.165) is 5.69 Å². The number of carbonyl (C=O) groups is 2. The number of carboxylic acid groups (broad SMARTS) is 1. The summed E-state index contributed by atoms with van der Waals surface area (Å²) in [4.78, 5) is 27.9. The predicted octanol–water partition coefficient (Wildman–Crippen LogP) is 1.72. The van der Waals surface area contributed by atoms with Crippen molar-refractivity contribution in [1.29, 1.82) is 0 Å². The van der Waals surface area contributed by atoms with Gasteiger partial charge in [-0.2, -0.15) is 0 Å². The number of nitrogens with one attached hydrogen (secondary N) is 1. The van der Waals surface area contributed by atoms with Gasteiger partial charge in [0.15, 0.2) is 0 Å². The van der Waals surface area contributed by atoms with Crippen LogP contribution in [-0.2, 0) is 4.79 Å². The highest BCUT2D eigenvalue weighted by atomic mass is 16.4. The number of hydrogen-bond donors (Lipinski definition) is 2. The lowest BCUT2D eigenvalue weighted by Crippen LogP contribution is -2.36. The fraction of sp³-hybridized carbons (Fsp3) is 0.417. The zero-order chi connectivity index (χ0) is 13.5. The molecule has 0 fully saturated rings. The molecular weight excluding hydrogens is 234 g/mol. The first-order chi connectivity index (χ1) is 8.54. The van der Waals surface area contributed by atoms with Crippen molar-refractivity contribution in [2.75, 3.05) is 18.4 Å². The van der Waals surface area contributed by atoms with Crippen LogP contribution in [0, 0.1) is 6.92 Å². The number of anilines is 1. The molecule has 0 unspecified atom stereocenters. The average molecular weight is 251 g/mol. The molecular formula is C12H17N3O3. The number of pyridine rings is 1. The van der Waals surface area contributed by atoms with Crippen LogP contribution < -0.4 is 5.32 Å². The molecule has 0 aromatic carbocycles. The number of hydrogen-bond acceptors (Lipinski definition) is 3. The highest BCUT2D eigenvalue weighted by Crippen LogP contribution is 2.11. The predicted molar refractivity (Wildman–Crippen MR) is 67.5 cm³/mol. The number of urea groups is 1. The van der Waals surface area contributed by atoms with Crippen molar-refractivity contribution in [3.8, 4) is 0 Å². The quantitative estimate of drug-likeness (QED) is 0.834. The highest BCUT2D eigenvalue weighted by Gasteiger charge is 2.13. The van der Waals surface area contributed by atoms with Crippen LogP contribution in [0.4, 0.5) is 10.5 Å². The normalized spacial score (nSPS) is 9.89. The first kappa shape index (κ1) is 14.0. The number of aryl methyl sites for hydroxylation is 1. The summed E-state index contributed by atoms with van der Waals surface area (Å²) in [6, 6.07) is 3.18. The number of carboxylic acids is 1. The molecule has 1 rings (SSSR count). The topological polar surface area (TPSA) is 82.5 Å². The Hall–Kier alpha value is -2.11. The van der Waals surface area contributed by atoms with Gasteiger partial charge in [-0.1, -0.05) is 0 Å². The van der Waals surface area contributed by atoms with Crippen LogP contribution in [0.15, 0.2) is 18.3 Å². The average Bonchev–Trinajstić information content (AvgIpc) is 2.32. The number of nitrogens with zero attached hydrogens (tertiary/aromatic N) is 2. The van der Waals surface area contributed by atoms with Crippen molar-refractivity contribution in [3.63, 3.8) is 0 Å². The Labute approximate surface area is 106 Å². The molecule has 0 aliphatic carbocycles. The minimum Gasteiger partial charge on any atom is -0.481 e. The molecule has 1 heterocycles. The molecule has 0 bridgehead atoms. The monoisotopic (exact) mass is 251 g/mol. The van der Waals surface area contributed by atoms with Crippen molar-refractivity contribution in [2.24, 2.45) is 0 Å². The Morgan fingerprint density at radius 1 is 1.50 bits per heavy atom. The second-order valence-corrected chi connectivity index (χ2v) is 3.79. The van der Waals surface area contributed by atoms with Crippen molar-refractivity contribution < 1.29 is 14.7 Å². The minimum atomic E-state index is -0.918. The van der Waals surface area contributed by atoms with Crippen molar-refractivity contribution in [2.45, 2.75) is 20.3 Å². The molecule has 1 aromatic rings. The lowest BCUT2D eigenvalue weighted by molar-refractivity contribution is -0.137. The van der Waals surface area contributed by atoms with Crippen molar-refractivity contribution in [3.05, 3.63) is 24.0 Å². The van der Waals surface area contributed by atoms with Gasteiger partial charge in [0.2, 0.25) is 0 Å². The second kappa shape index (κ2) is 6.58. The van der Waals surface area contributed by atoms with E-state index in [-0.39, 0.29) is 19.0 Å². The Morgan fingerprint density at radius 2 is 2.22 bits per heavy atom. The molecule has 18 heavy (non-hydrogen) atoms. The summed E-state index contributed by atoms with van der Waals surface area (Å²) < 4.78 is 0. The highest BCUT2D eigenvalue weighted by molar-refractivity contribution is 5.90. The van der Waals surface area contributed by atoms with Crippen LogP contribution in [0.25, 0.3) is 0 Å². The first-order valence-electron chi connectivity index (χ1n) is 5.74. The van der Waals surface area contributed by atoms with Crippen molar-refractivity contribution in [1.82, 2.24) is 9.88 Å². The van der Waals surface area contributed by atoms with E-state index in [4.69, 9.17) is 5.11 Å². The minimum absolute atomic E-state index is 0.0622. The molecule has 6 nitrogen and oxygen atoms in total. The maximum Gasteiger partial charge on any atom is 0.321 e. The summed E-state index contributed by atoms with van der Waals surface area (Å²) in [6.45, 7) is 4.25. The van der Waals surface area contributed by atoms with Gasteiger partial charge >= 0.3 is 12.0 Å². The summed E-state index contributed by atoms with van der Waals surface area (Å²) >= 11 is 0. The largest absolute Gasteiger partial charge is 0.481 e. The van der Waals surface area contributed by atoms with Gasteiger partial charge in [0, 0.05) is 19.3 Å². The Bertz CT molecular complexity index is 434. The van der Waals surface area contributed by atoms with Gasteiger partial charge in [-0.15, -0.1) is 0 Å². The van der Waals surface area contributed by atoms with Crippen molar-refractivity contribution >= 4 is 17.7 Å². The molecule has 1 aromatic heterocycles. The SMILES string of the molecule is CCN(CCC(=O)O)C(=O)Nc1cccnc1C. The van der Waals surface area contributed by atoms with Crippen LogP contribution in [0.1, 0.15) is 19.0 Å². The number of aliphatic carboxylic acids is 1. The molecule has 0 radical (unpaired) electrons.